The summed E-state index contributed by atoms with van der Waals surface area (Å²) < 4.78 is 56.3. The Kier molecular flexibility index (Phi) is 5.03. The van der Waals surface area contributed by atoms with Crippen molar-refractivity contribution < 1.29 is 17.6 Å². The number of fused-ring (bicyclic) bond motifs is 2. The Labute approximate surface area is 189 Å². The van der Waals surface area contributed by atoms with Gasteiger partial charge in [0.15, 0.2) is 11.5 Å². The quantitative estimate of drug-likeness (QED) is 0.363. The number of hydrogen-bond donors (Lipinski definition) is 2. The van der Waals surface area contributed by atoms with E-state index in [4.69, 9.17) is 0 Å². The number of aromatic amines is 1. The van der Waals surface area contributed by atoms with Gasteiger partial charge in [-0.15, -0.1) is 0 Å². The van der Waals surface area contributed by atoms with Crippen LogP contribution in [0.15, 0.2) is 66.0 Å². The van der Waals surface area contributed by atoms with E-state index in [0.29, 0.717) is 22.7 Å². The first-order valence-corrected chi connectivity index (χ1v) is 10.2. The summed E-state index contributed by atoms with van der Waals surface area (Å²) in [5.74, 6) is -0.243. The fourth-order valence-electron chi connectivity index (χ4n) is 3.97. The summed E-state index contributed by atoms with van der Waals surface area (Å²) in [6, 6.07) is 9.53. The highest BCUT2D eigenvalue weighted by Gasteiger charge is 2.34. The molecule has 0 aliphatic heterocycles. The van der Waals surface area contributed by atoms with Gasteiger partial charge in [0, 0.05) is 5.69 Å². The maximum Gasteiger partial charge on any atom is 0.417 e. The first kappa shape index (κ1) is 21.6. The van der Waals surface area contributed by atoms with E-state index in [2.05, 4.69) is 25.3 Å². The number of pyridine rings is 1. The highest BCUT2D eigenvalue weighted by molar-refractivity contribution is 5.87. The molecule has 5 aromatic rings. The van der Waals surface area contributed by atoms with Gasteiger partial charge in [-0.3, -0.25) is 9.36 Å². The Hall–Kier alpha value is -4.28. The van der Waals surface area contributed by atoms with Gasteiger partial charge in [0.2, 0.25) is 0 Å². The van der Waals surface area contributed by atoms with E-state index < -0.39 is 34.5 Å². The van der Waals surface area contributed by atoms with Crippen LogP contribution in [-0.2, 0) is 6.18 Å². The molecule has 3 heterocycles. The average molecular weight is 468 g/mol. The van der Waals surface area contributed by atoms with Crippen LogP contribution in [0.4, 0.5) is 23.4 Å². The van der Waals surface area contributed by atoms with Crippen LogP contribution < -0.4 is 10.9 Å². The highest BCUT2D eigenvalue weighted by atomic mass is 19.4. The molecule has 0 radical (unpaired) electrons. The number of anilines is 1. The molecule has 0 saturated heterocycles. The van der Waals surface area contributed by atoms with Crippen LogP contribution in [-0.4, -0.2) is 24.5 Å². The van der Waals surface area contributed by atoms with Gasteiger partial charge in [-0.1, -0.05) is 18.2 Å². The molecule has 2 aromatic carbocycles. The number of rotatable bonds is 4. The van der Waals surface area contributed by atoms with Gasteiger partial charge >= 0.3 is 6.18 Å². The Bertz CT molecular complexity index is 1590. The second kappa shape index (κ2) is 7.94. The standard InChI is InChI=1S/C23H16F4N6O/c1-12(32-21-19-20(29-10-28-19)30-11-31-21)17-8-13-4-2-7-16(23(25,26)27)18(13)22(34)33(17)15-6-3-5-14(24)9-15/h2-12H,1H3,(H2,28,29,30,31,32)/t12-/m0/s1. The molecule has 0 fully saturated rings. The molecule has 0 saturated carbocycles. The maximum absolute atomic E-state index is 14.0. The number of aromatic nitrogens is 5. The lowest BCUT2D eigenvalue weighted by molar-refractivity contribution is -0.136. The van der Waals surface area contributed by atoms with Gasteiger partial charge in [-0.25, -0.2) is 19.3 Å². The monoisotopic (exact) mass is 468 g/mol. The van der Waals surface area contributed by atoms with Crippen LogP contribution in [0.25, 0.3) is 27.6 Å². The minimum absolute atomic E-state index is 0.0990. The van der Waals surface area contributed by atoms with Crippen molar-refractivity contribution in [1.82, 2.24) is 24.5 Å². The lowest BCUT2D eigenvalue weighted by Gasteiger charge is -2.22. The zero-order valence-electron chi connectivity index (χ0n) is 17.6. The average Bonchev–Trinajstić information content (AvgIpc) is 3.28. The van der Waals surface area contributed by atoms with E-state index in [-0.39, 0.29) is 11.1 Å². The number of alkyl halides is 3. The third-order valence-electron chi connectivity index (χ3n) is 5.47. The normalized spacial score (nSPS) is 12.9. The molecule has 0 unspecified atom stereocenters. The van der Waals surface area contributed by atoms with Gasteiger partial charge in [0.05, 0.1) is 29.0 Å². The molecule has 34 heavy (non-hydrogen) atoms. The smallest absolute Gasteiger partial charge is 0.360 e. The Morgan fingerprint density at radius 2 is 1.85 bits per heavy atom. The predicted octanol–water partition coefficient (Wildman–Crippen LogP) is 4.99. The molecule has 0 aliphatic carbocycles. The Morgan fingerprint density at radius 1 is 1.06 bits per heavy atom. The number of H-pyrrole nitrogens is 1. The fraction of sp³-hybridized carbons (Fsp3) is 0.130. The number of nitrogens with one attached hydrogen (secondary N) is 2. The van der Waals surface area contributed by atoms with Crippen LogP contribution >= 0.6 is 0 Å². The fourth-order valence-corrected chi connectivity index (χ4v) is 3.97. The summed E-state index contributed by atoms with van der Waals surface area (Å²) in [5, 5.41) is 2.77. The van der Waals surface area contributed by atoms with Crippen LogP contribution in [0.5, 0.6) is 0 Å². The topological polar surface area (TPSA) is 88.5 Å². The first-order chi connectivity index (χ1) is 16.2. The first-order valence-electron chi connectivity index (χ1n) is 10.2. The van der Waals surface area contributed by atoms with Crippen molar-refractivity contribution in [2.45, 2.75) is 19.1 Å². The molecule has 2 N–H and O–H groups in total. The SMILES string of the molecule is C[C@H](Nc1ncnc2nc[nH]c12)c1cc2cccc(C(F)(F)F)c2c(=O)n1-c1cccc(F)c1. The molecule has 0 bridgehead atoms. The minimum Gasteiger partial charge on any atom is -0.360 e. The molecule has 11 heteroatoms. The van der Waals surface area contributed by atoms with Crippen molar-refractivity contribution in [2.24, 2.45) is 0 Å². The van der Waals surface area contributed by atoms with E-state index in [9.17, 15) is 22.4 Å². The van der Waals surface area contributed by atoms with Crippen molar-refractivity contribution in [1.29, 1.82) is 0 Å². The van der Waals surface area contributed by atoms with Crippen LogP contribution in [0.1, 0.15) is 24.2 Å². The van der Waals surface area contributed by atoms with Gasteiger partial charge in [0.25, 0.3) is 5.56 Å². The molecule has 0 spiro atoms. The van der Waals surface area contributed by atoms with Crippen molar-refractivity contribution in [3.63, 3.8) is 0 Å². The second-order valence-electron chi connectivity index (χ2n) is 7.65. The lowest BCUT2D eigenvalue weighted by Crippen LogP contribution is -2.27. The second-order valence-corrected chi connectivity index (χ2v) is 7.65. The summed E-state index contributed by atoms with van der Waals surface area (Å²) in [5.41, 5.74) is -0.610. The van der Waals surface area contributed by atoms with Crippen molar-refractivity contribution in [3.8, 4) is 5.69 Å². The Balaban J connectivity index is 1.76. The molecule has 0 aliphatic rings. The summed E-state index contributed by atoms with van der Waals surface area (Å²) in [6.45, 7) is 1.72. The lowest BCUT2D eigenvalue weighted by atomic mass is 10.0. The van der Waals surface area contributed by atoms with Crippen LogP contribution in [0.3, 0.4) is 0 Å². The van der Waals surface area contributed by atoms with E-state index in [0.717, 1.165) is 16.7 Å². The molecule has 172 valence electrons. The van der Waals surface area contributed by atoms with E-state index in [1.165, 1.54) is 49.1 Å². The third-order valence-corrected chi connectivity index (χ3v) is 5.47. The molecule has 7 nitrogen and oxygen atoms in total. The van der Waals surface area contributed by atoms with Crippen molar-refractivity contribution in [3.05, 3.63) is 88.6 Å². The van der Waals surface area contributed by atoms with Crippen LogP contribution in [0.2, 0.25) is 0 Å². The highest BCUT2D eigenvalue weighted by Crippen LogP contribution is 2.35. The molecule has 0 amide bonds. The van der Waals surface area contributed by atoms with Gasteiger partial charge in [-0.05, 0) is 42.6 Å². The summed E-state index contributed by atoms with van der Waals surface area (Å²) in [4.78, 5) is 28.8. The number of halogens is 4. The number of imidazole rings is 1. The maximum atomic E-state index is 14.0. The summed E-state index contributed by atoms with van der Waals surface area (Å²) >= 11 is 0. The number of nitrogens with zero attached hydrogens (tertiary/aromatic N) is 4. The minimum atomic E-state index is -4.74. The molecule has 1 atom stereocenters. The van der Waals surface area contributed by atoms with Crippen LogP contribution in [0, 0.1) is 5.82 Å². The van der Waals surface area contributed by atoms with E-state index in [1.54, 1.807) is 6.92 Å². The molecular formula is C23H16F4N6O. The van der Waals surface area contributed by atoms with Gasteiger partial charge in [0.1, 0.15) is 17.7 Å². The Morgan fingerprint density at radius 3 is 2.62 bits per heavy atom. The molecule has 3 aromatic heterocycles. The summed E-state index contributed by atoms with van der Waals surface area (Å²) in [7, 11) is 0. The zero-order chi connectivity index (χ0) is 24.0. The predicted molar refractivity (Wildman–Crippen MR) is 118 cm³/mol. The van der Waals surface area contributed by atoms with E-state index in [1.807, 2.05) is 0 Å². The van der Waals surface area contributed by atoms with Crippen molar-refractivity contribution >= 4 is 27.8 Å². The third kappa shape index (κ3) is 3.64. The zero-order valence-corrected chi connectivity index (χ0v) is 17.6. The molecule has 5 rings (SSSR count). The number of benzene rings is 2. The summed E-state index contributed by atoms with van der Waals surface area (Å²) in [6.07, 6.45) is -1.97. The molecular weight excluding hydrogens is 452 g/mol. The van der Waals surface area contributed by atoms with Gasteiger partial charge < -0.3 is 10.3 Å². The van der Waals surface area contributed by atoms with E-state index >= 15 is 0 Å². The number of hydrogen-bond acceptors (Lipinski definition) is 5. The van der Waals surface area contributed by atoms with Gasteiger partial charge in [-0.2, -0.15) is 13.2 Å². The largest absolute Gasteiger partial charge is 0.417 e. The van der Waals surface area contributed by atoms with Crippen molar-refractivity contribution in [2.75, 3.05) is 5.32 Å².